The Kier molecular flexibility index (Phi) is 6.63. The van der Waals surface area contributed by atoms with Crippen LogP contribution >= 0.6 is 0 Å². The van der Waals surface area contributed by atoms with Crippen molar-refractivity contribution in [2.75, 3.05) is 5.01 Å². The number of nitrogens with zero attached hydrogens (tertiary/aromatic N) is 3. The molecular weight excluding hydrogens is 507 g/mol. The Hall–Kier alpha value is -4.79. The molecule has 1 unspecified atom stereocenters. The first-order valence-corrected chi connectivity index (χ1v) is 13.3. The minimum Gasteiger partial charge on any atom is -0.364 e. The number of primary amides is 1. The van der Waals surface area contributed by atoms with Crippen LogP contribution in [0.4, 0.5) is 10.1 Å². The monoisotopic (exact) mass is 536 g/mol. The normalized spacial score (nSPS) is 20.2. The first-order valence-electron chi connectivity index (χ1n) is 13.3. The molecule has 2 heterocycles. The number of allylic oxidation sites excluding steroid dienone is 4. The molecule has 0 saturated carbocycles. The number of benzene rings is 2. The fraction of sp³-hybridized carbons (Fsp3) is 0.226. The van der Waals surface area contributed by atoms with Crippen LogP contribution in [-0.2, 0) is 0 Å². The highest BCUT2D eigenvalue weighted by atomic mass is 19.1. The van der Waals surface area contributed by atoms with Gasteiger partial charge >= 0.3 is 0 Å². The van der Waals surface area contributed by atoms with E-state index in [9.17, 15) is 14.0 Å². The highest BCUT2D eigenvalue weighted by Gasteiger charge is 2.39. The highest BCUT2D eigenvalue weighted by Crippen LogP contribution is 2.49. The van der Waals surface area contributed by atoms with Gasteiger partial charge in [0.25, 0.3) is 11.8 Å². The van der Waals surface area contributed by atoms with Crippen molar-refractivity contribution in [3.05, 3.63) is 124 Å². The number of anilines is 1. The van der Waals surface area contributed by atoms with E-state index in [4.69, 9.17) is 5.73 Å². The Balaban J connectivity index is 1.28. The molecule has 3 aliphatic rings. The molecule has 3 atom stereocenters. The summed E-state index contributed by atoms with van der Waals surface area (Å²) in [5.74, 6) is -1.14. The topological polar surface area (TPSA) is 113 Å². The average Bonchev–Trinajstić information content (AvgIpc) is 3.58. The number of fused-ring (bicyclic) bond motifs is 1. The van der Waals surface area contributed by atoms with Gasteiger partial charge in [0.2, 0.25) is 0 Å². The van der Waals surface area contributed by atoms with Gasteiger partial charge in [0.15, 0.2) is 11.4 Å². The maximum Gasteiger partial charge on any atom is 0.272 e. The number of nitrogens with one attached hydrogen (secondary N) is 2. The second-order valence-electron chi connectivity index (χ2n) is 10.3. The van der Waals surface area contributed by atoms with E-state index in [1.807, 2.05) is 41.5 Å². The molecule has 1 aliphatic heterocycles. The quantitative estimate of drug-likeness (QED) is 0.403. The van der Waals surface area contributed by atoms with Gasteiger partial charge in [0.05, 0.1) is 17.4 Å². The summed E-state index contributed by atoms with van der Waals surface area (Å²) in [6, 6.07) is 16.0. The number of hydrogen-bond acceptors (Lipinski definition) is 6. The number of hydrazine groups is 1. The summed E-state index contributed by atoms with van der Waals surface area (Å²) < 4.78 is 13.5. The van der Waals surface area contributed by atoms with E-state index >= 15 is 0 Å². The number of carbonyl (C=O) groups excluding carboxylic acids is 2. The minimum atomic E-state index is -0.799. The zero-order valence-corrected chi connectivity index (χ0v) is 22.0. The lowest BCUT2D eigenvalue weighted by Gasteiger charge is -2.31. The summed E-state index contributed by atoms with van der Waals surface area (Å²) in [6.45, 7) is 2.22. The Bertz CT molecular complexity index is 1560. The molecule has 6 rings (SSSR count). The Morgan fingerprint density at radius 2 is 1.82 bits per heavy atom. The minimum absolute atomic E-state index is 0.0797. The molecule has 2 aromatic carbocycles. The van der Waals surface area contributed by atoms with E-state index in [0.717, 1.165) is 29.8 Å². The predicted molar refractivity (Wildman–Crippen MR) is 149 cm³/mol. The van der Waals surface area contributed by atoms with Gasteiger partial charge < -0.3 is 16.5 Å². The van der Waals surface area contributed by atoms with Crippen LogP contribution in [0.3, 0.4) is 0 Å². The number of nitrogens with two attached hydrogens (primary N) is 1. The first-order chi connectivity index (χ1) is 19.4. The van der Waals surface area contributed by atoms with Crippen LogP contribution < -0.4 is 21.5 Å². The van der Waals surface area contributed by atoms with Crippen LogP contribution in [-0.4, -0.2) is 21.8 Å². The van der Waals surface area contributed by atoms with Gasteiger partial charge in [-0.2, -0.15) is 0 Å². The average molecular weight is 537 g/mol. The van der Waals surface area contributed by atoms with E-state index in [-0.39, 0.29) is 35.1 Å². The summed E-state index contributed by atoms with van der Waals surface area (Å²) >= 11 is 0. The molecule has 0 fully saturated rings. The molecule has 0 bridgehead atoms. The number of halogens is 1. The second kappa shape index (κ2) is 10.4. The fourth-order valence-electron chi connectivity index (χ4n) is 6.12. The van der Waals surface area contributed by atoms with Crippen LogP contribution in [0.25, 0.3) is 0 Å². The molecule has 3 aromatic rings. The molecule has 9 heteroatoms. The summed E-state index contributed by atoms with van der Waals surface area (Å²) in [7, 11) is 0. The highest BCUT2D eigenvalue weighted by molar-refractivity contribution is 6.04. The maximum atomic E-state index is 13.5. The Morgan fingerprint density at radius 3 is 2.55 bits per heavy atom. The molecule has 2 amide bonds. The van der Waals surface area contributed by atoms with Gasteiger partial charge in [-0.05, 0) is 66.7 Å². The third kappa shape index (κ3) is 4.64. The lowest BCUT2D eigenvalue weighted by Crippen LogP contribution is -2.33. The summed E-state index contributed by atoms with van der Waals surface area (Å²) in [5.41, 5.74) is 15.3. The van der Waals surface area contributed by atoms with Crippen molar-refractivity contribution in [1.29, 1.82) is 0 Å². The molecule has 4 N–H and O–H groups in total. The van der Waals surface area contributed by atoms with Crippen molar-refractivity contribution >= 4 is 17.5 Å². The zero-order chi connectivity index (χ0) is 27.8. The van der Waals surface area contributed by atoms with Gasteiger partial charge in [-0.3, -0.25) is 14.6 Å². The van der Waals surface area contributed by atoms with Crippen LogP contribution in [0.15, 0.2) is 102 Å². The van der Waals surface area contributed by atoms with Crippen molar-refractivity contribution in [1.82, 2.24) is 20.7 Å². The lowest BCUT2D eigenvalue weighted by molar-refractivity contribution is 0.0910. The van der Waals surface area contributed by atoms with E-state index < -0.39 is 11.8 Å². The zero-order valence-electron chi connectivity index (χ0n) is 22.0. The van der Waals surface area contributed by atoms with E-state index in [1.165, 1.54) is 41.2 Å². The predicted octanol–water partition coefficient (Wildman–Crippen LogP) is 4.72. The van der Waals surface area contributed by atoms with Crippen molar-refractivity contribution in [3.8, 4) is 0 Å². The molecular formula is C31H29FN6O2. The lowest BCUT2D eigenvalue weighted by atomic mass is 9.78. The largest absolute Gasteiger partial charge is 0.364 e. The van der Waals surface area contributed by atoms with E-state index in [2.05, 4.69) is 33.7 Å². The Morgan fingerprint density at radius 1 is 1.10 bits per heavy atom. The number of hydrogen-bond donors (Lipinski definition) is 3. The molecule has 40 heavy (non-hydrogen) atoms. The molecule has 0 spiro atoms. The van der Waals surface area contributed by atoms with Crippen LogP contribution in [0.1, 0.15) is 58.8 Å². The molecule has 202 valence electrons. The number of carbonyl (C=O) groups is 2. The number of aromatic nitrogens is 2. The molecule has 0 saturated heterocycles. The van der Waals surface area contributed by atoms with Gasteiger partial charge in [-0.1, -0.05) is 42.8 Å². The van der Waals surface area contributed by atoms with Gasteiger partial charge in [0, 0.05) is 30.1 Å². The van der Waals surface area contributed by atoms with Crippen LogP contribution in [0, 0.1) is 17.7 Å². The van der Waals surface area contributed by atoms with Crippen LogP contribution in [0.5, 0.6) is 0 Å². The van der Waals surface area contributed by atoms with E-state index in [0.29, 0.717) is 6.42 Å². The summed E-state index contributed by atoms with van der Waals surface area (Å²) in [4.78, 5) is 33.3. The SMILES string of the molecule is C[C@H]1C2=CNN(c3ccc(F)cc3)C2=CC2=C1[C@@H](CC(NC(=O)c1nccnc1C(N)=O)c1ccccc1)CC2. The van der Waals surface area contributed by atoms with Gasteiger partial charge in [-0.25, -0.2) is 14.4 Å². The van der Waals surface area contributed by atoms with Gasteiger partial charge in [0.1, 0.15) is 5.82 Å². The third-order valence-electron chi connectivity index (χ3n) is 7.96. The molecule has 8 nitrogen and oxygen atoms in total. The van der Waals surface area contributed by atoms with Gasteiger partial charge in [-0.15, -0.1) is 0 Å². The van der Waals surface area contributed by atoms with Crippen LogP contribution in [0.2, 0.25) is 0 Å². The molecule has 0 radical (unpaired) electrons. The molecule has 1 aromatic heterocycles. The smallest absolute Gasteiger partial charge is 0.272 e. The molecule has 2 aliphatic carbocycles. The van der Waals surface area contributed by atoms with E-state index in [1.54, 1.807) is 12.1 Å². The second-order valence-corrected chi connectivity index (χ2v) is 10.3. The fourth-order valence-corrected chi connectivity index (χ4v) is 6.12. The van der Waals surface area contributed by atoms with Crippen molar-refractivity contribution in [2.45, 2.75) is 32.2 Å². The van der Waals surface area contributed by atoms with Crippen molar-refractivity contribution in [2.24, 2.45) is 17.6 Å². The Labute approximate surface area is 231 Å². The summed E-state index contributed by atoms with van der Waals surface area (Å²) in [6.07, 6.45) is 9.56. The standard InChI is InChI=1S/C31H29FN6O2/c1-18-24-17-36-38(23-11-9-22(32)10-12-23)26(24)16-21-8-7-20(27(18)21)15-25(19-5-3-2-4-6-19)37-31(40)29-28(30(33)39)34-13-14-35-29/h2-6,9-14,16-18,20,25,36H,7-8,15H2,1H3,(H2,33,39)(H,37,40)/t18-,20+,25?/m0/s1. The first kappa shape index (κ1) is 25.5. The number of rotatable bonds is 7. The summed E-state index contributed by atoms with van der Waals surface area (Å²) in [5, 5.41) is 5.10. The van der Waals surface area contributed by atoms with Crippen molar-refractivity contribution in [3.63, 3.8) is 0 Å². The number of amides is 2. The van der Waals surface area contributed by atoms with Crippen molar-refractivity contribution < 1.29 is 14.0 Å². The third-order valence-corrected chi connectivity index (χ3v) is 7.96. The maximum absolute atomic E-state index is 13.5.